The van der Waals surface area contributed by atoms with Crippen LogP contribution in [0.25, 0.3) is 0 Å². The van der Waals surface area contributed by atoms with Gasteiger partial charge in [0.25, 0.3) is 0 Å². The van der Waals surface area contributed by atoms with E-state index in [0.29, 0.717) is 6.42 Å². The van der Waals surface area contributed by atoms with E-state index in [1.165, 1.54) is 5.56 Å². The molecule has 0 bridgehead atoms. The molecule has 1 aromatic carbocycles. The SMILES string of the molecule is NC(=O)C1(CC(Cc2ccsc2)Oc2ccccc2)CCNCC1. The number of nitrogens with one attached hydrogen (secondary N) is 1. The lowest BCUT2D eigenvalue weighted by Crippen LogP contribution is -2.48. The van der Waals surface area contributed by atoms with Gasteiger partial charge in [-0.3, -0.25) is 4.79 Å². The van der Waals surface area contributed by atoms with Gasteiger partial charge in [-0.1, -0.05) is 18.2 Å². The van der Waals surface area contributed by atoms with Gasteiger partial charge in [0, 0.05) is 6.42 Å². The lowest BCUT2D eigenvalue weighted by molar-refractivity contribution is -0.131. The summed E-state index contributed by atoms with van der Waals surface area (Å²) in [5, 5.41) is 7.53. The van der Waals surface area contributed by atoms with Crippen LogP contribution < -0.4 is 15.8 Å². The van der Waals surface area contributed by atoms with Gasteiger partial charge in [0.15, 0.2) is 0 Å². The van der Waals surface area contributed by atoms with E-state index in [4.69, 9.17) is 10.5 Å². The first-order chi connectivity index (χ1) is 11.7. The molecule has 1 amide bonds. The quantitative estimate of drug-likeness (QED) is 0.811. The number of carbonyl (C=O) groups excluding carboxylic acids is 1. The van der Waals surface area contributed by atoms with Gasteiger partial charge < -0.3 is 15.8 Å². The number of piperidine rings is 1. The standard InChI is InChI=1S/C19H24N2O2S/c20-18(22)19(7-9-21-10-8-19)13-17(12-15-6-11-24-14-15)23-16-4-2-1-3-5-16/h1-6,11,14,17,21H,7-10,12-13H2,(H2,20,22). The van der Waals surface area contributed by atoms with E-state index in [9.17, 15) is 4.79 Å². The van der Waals surface area contributed by atoms with Crippen LogP contribution in [-0.2, 0) is 11.2 Å². The Balaban J connectivity index is 1.78. The summed E-state index contributed by atoms with van der Waals surface area (Å²) in [6, 6.07) is 11.9. The van der Waals surface area contributed by atoms with E-state index >= 15 is 0 Å². The molecule has 3 N–H and O–H groups in total. The van der Waals surface area contributed by atoms with Crippen molar-refractivity contribution in [3.63, 3.8) is 0 Å². The average molecular weight is 344 g/mol. The maximum Gasteiger partial charge on any atom is 0.223 e. The number of amides is 1. The first-order valence-electron chi connectivity index (χ1n) is 8.41. The highest BCUT2D eigenvalue weighted by atomic mass is 32.1. The molecule has 1 aliphatic rings. The molecule has 4 nitrogen and oxygen atoms in total. The van der Waals surface area contributed by atoms with E-state index in [1.807, 2.05) is 30.3 Å². The van der Waals surface area contributed by atoms with Gasteiger partial charge >= 0.3 is 0 Å². The largest absolute Gasteiger partial charge is 0.490 e. The molecule has 1 aromatic heterocycles. The van der Waals surface area contributed by atoms with Crippen LogP contribution in [-0.4, -0.2) is 25.1 Å². The highest BCUT2D eigenvalue weighted by Gasteiger charge is 2.40. The summed E-state index contributed by atoms with van der Waals surface area (Å²) in [5.41, 5.74) is 6.57. The molecule has 0 radical (unpaired) electrons. The fourth-order valence-electron chi connectivity index (χ4n) is 3.41. The number of thiophene rings is 1. The summed E-state index contributed by atoms with van der Waals surface area (Å²) < 4.78 is 6.24. The fraction of sp³-hybridized carbons (Fsp3) is 0.421. The molecular weight excluding hydrogens is 320 g/mol. The Bertz CT molecular complexity index is 637. The number of ether oxygens (including phenoxy) is 1. The smallest absolute Gasteiger partial charge is 0.223 e. The van der Waals surface area contributed by atoms with Crippen molar-refractivity contribution in [2.24, 2.45) is 11.1 Å². The number of carbonyl (C=O) groups is 1. The van der Waals surface area contributed by atoms with Crippen molar-refractivity contribution in [2.75, 3.05) is 13.1 Å². The van der Waals surface area contributed by atoms with E-state index < -0.39 is 5.41 Å². The highest BCUT2D eigenvalue weighted by molar-refractivity contribution is 7.07. The average Bonchev–Trinajstić information content (AvgIpc) is 3.09. The maximum absolute atomic E-state index is 12.2. The van der Waals surface area contributed by atoms with Gasteiger partial charge in [0.1, 0.15) is 11.9 Å². The summed E-state index contributed by atoms with van der Waals surface area (Å²) >= 11 is 1.68. The summed E-state index contributed by atoms with van der Waals surface area (Å²) in [4.78, 5) is 12.2. The van der Waals surface area contributed by atoms with Gasteiger partial charge in [-0.15, -0.1) is 0 Å². The van der Waals surface area contributed by atoms with Crippen molar-refractivity contribution in [2.45, 2.75) is 31.8 Å². The number of hydrogen-bond donors (Lipinski definition) is 2. The normalized spacial score (nSPS) is 18.0. The molecule has 1 saturated heterocycles. The molecule has 24 heavy (non-hydrogen) atoms. The van der Waals surface area contributed by atoms with Gasteiger partial charge in [-0.25, -0.2) is 0 Å². The van der Waals surface area contributed by atoms with Crippen molar-refractivity contribution >= 4 is 17.2 Å². The van der Waals surface area contributed by atoms with Crippen LogP contribution in [0.5, 0.6) is 5.75 Å². The first kappa shape index (κ1) is 17.0. The molecule has 0 spiro atoms. The number of rotatable bonds is 7. The summed E-state index contributed by atoms with van der Waals surface area (Å²) in [5.74, 6) is 0.641. The van der Waals surface area contributed by atoms with Crippen LogP contribution in [0.4, 0.5) is 0 Å². The molecule has 1 fully saturated rings. The summed E-state index contributed by atoms with van der Waals surface area (Å²) in [6.07, 6.45) is 2.95. The molecule has 5 heteroatoms. The molecule has 0 saturated carbocycles. The minimum atomic E-state index is -0.472. The third-order valence-electron chi connectivity index (χ3n) is 4.79. The van der Waals surface area contributed by atoms with Gasteiger partial charge in [-0.2, -0.15) is 11.3 Å². The topological polar surface area (TPSA) is 64.4 Å². The molecule has 2 aromatic rings. The van der Waals surface area contributed by atoms with Crippen LogP contribution in [0, 0.1) is 5.41 Å². The van der Waals surface area contributed by atoms with E-state index in [-0.39, 0.29) is 12.0 Å². The third kappa shape index (κ3) is 4.16. The molecule has 3 rings (SSSR count). The molecule has 128 valence electrons. The minimum absolute atomic E-state index is 0.0624. The molecule has 1 atom stereocenters. The number of hydrogen-bond acceptors (Lipinski definition) is 4. The second-order valence-electron chi connectivity index (χ2n) is 6.49. The van der Waals surface area contributed by atoms with Gasteiger partial charge in [-0.05, 0) is 66.9 Å². The Morgan fingerprint density at radius 2 is 2.00 bits per heavy atom. The van der Waals surface area contributed by atoms with Gasteiger partial charge in [0.2, 0.25) is 5.91 Å². The monoisotopic (exact) mass is 344 g/mol. The predicted octanol–water partition coefficient (Wildman–Crippen LogP) is 2.98. The van der Waals surface area contributed by atoms with Crippen LogP contribution in [0.1, 0.15) is 24.8 Å². The summed E-state index contributed by atoms with van der Waals surface area (Å²) in [7, 11) is 0. The van der Waals surface area contributed by atoms with Crippen molar-refractivity contribution in [1.82, 2.24) is 5.32 Å². The zero-order valence-corrected chi connectivity index (χ0v) is 14.6. The third-order valence-corrected chi connectivity index (χ3v) is 5.52. The molecule has 0 aliphatic carbocycles. The lowest BCUT2D eigenvalue weighted by atomic mass is 9.73. The van der Waals surface area contributed by atoms with Crippen molar-refractivity contribution < 1.29 is 9.53 Å². The lowest BCUT2D eigenvalue weighted by Gasteiger charge is -2.37. The van der Waals surface area contributed by atoms with Crippen LogP contribution in [0.3, 0.4) is 0 Å². The molecule has 2 heterocycles. The fourth-order valence-corrected chi connectivity index (χ4v) is 4.09. The number of primary amides is 1. The van der Waals surface area contributed by atoms with Crippen LogP contribution in [0.2, 0.25) is 0 Å². The van der Waals surface area contributed by atoms with Crippen LogP contribution in [0.15, 0.2) is 47.2 Å². The number of para-hydroxylation sites is 1. The zero-order chi connectivity index (χ0) is 16.8. The second-order valence-corrected chi connectivity index (χ2v) is 7.27. The van der Waals surface area contributed by atoms with Crippen molar-refractivity contribution in [3.05, 3.63) is 52.7 Å². The second kappa shape index (κ2) is 7.81. The van der Waals surface area contributed by atoms with E-state index in [2.05, 4.69) is 22.1 Å². The highest BCUT2D eigenvalue weighted by Crippen LogP contribution is 2.35. The first-order valence-corrected chi connectivity index (χ1v) is 9.36. The van der Waals surface area contributed by atoms with Crippen LogP contribution >= 0.6 is 11.3 Å². The van der Waals surface area contributed by atoms with Gasteiger partial charge in [0.05, 0.1) is 5.41 Å². The Morgan fingerprint density at radius 1 is 1.25 bits per heavy atom. The zero-order valence-electron chi connectivity index (χ0n) is 13.7. The molecular formula is C19H24N2O2S. The Labute approximate surface area is 147 Å². The number of benzene rings is 1. The van der Waals surface area contributed by atoms with E-state index in [0.717, 1.165) is 38.1 Å². The Kier molecular flexibility index (Phi) is 5.53. The minimum Gasteiger partial charge on any atom is -0.490 e. The Morgan fingerprint density at radius 3 is 2.62 bits per heavy atom. The molecule has 1 aliphatic heterocycles. The predicted molar refractivity (Wildman–Crippen MR) is 97.2 cm³/mol. The maximum atomic E-state index is 12.2. The van der Waals surface area contributed by atoms with Crippen molar-refractivity contribution in [1.29, 1.82) is 0 Å². The Hall–Kier alpha value is -1.85. The number of nitrogens with two attached hydrogens (primary N) is 1. The van der Waals surface area contributed by atoms with E-state index in [1.54, 1.807) is 11.3 Å². The van der Waals surface area contributed by atoms with Crippen molar-refractivity contribution in [3.8, 4) is 5.75 Å². The molecule has 1 unspecified atom stereocenters. The summed E-state index contributed by atoms with van der Waals surface area (Å²) in [6.45, 7) is 1.67.